The fourth-order valence-corrected chi connectivity index (χ4v) is 2.93. The van der Waals surface area contributed by atoms with E-state index < -0.39 is 0 Å². The Labute approximate surface area is 97.1 Å². The second kappa shape index (κ2) is 4.13. The lowest BCUT2D eigenvalue weighted by molar-refractivity contribution is 0.124. The van der Waals surface area contributed by atoms with Gasteiger partial charge in [-0.3, -0.25) is 0 Å². The Morgan fingerprint density at radius 3 is 0.812 bits per heavy atom. The van der Waals surface area contributed by atoms with Gasteiger partial charge in [0, 0.05) is 0 Å². The first-order valence-corrected chi connectivity index (χ1v) is 6.00. The van der Waals surface area contributed by atoms with E-state index >= 15 is 0 Å². The molecule has 3 aliphatic rings. The Bertz CT molecular complexity index is 339. The van der Waals surface area contributed by atoms with Gasteiger partial charge in [-0.15, -0.1) is 0 Å². The van der Waals surface area contributed by atoms with Crippen LogP contribution in [0.1, 0.15) is 0 Å². The van der Waals surface area contributed by atoms with E-state index in [4.69, 9.17) is 0 Å². The van der Waals surface area contributed by atoms with Crippen LogP contribution >= 0.6 is 0 Å². The number of fused-ring (bicyclic) bond motifs is 4. The highest BCUT2D eigenvalue weighted by Crippen LogP contribution is 2.50. The van der Waals surface area contributed by atoms with Crippen LogP contribution in [0.15, 0.2) is 72.9 Å². The van der Waals surface area contributed by atoms with Gasteiger partial charge in [-0.1, -0.05) is 72.9 Å². The van der Waals surface area contributed by atoms with Crippen molar-refractivity contribution in [3.63, 3.8) is 0 Å². The topological polar surface area (TPSA) is 0 Å². The molecule has 0 heteroatoms. The minimum atomic E-state index is 0.679. The molecule has 0 radical (unpaired) electrons. The monoisotopic (exact) mass is 208 g/mol. The zero-order valence-corrected chi connectivity index (χ0v) is 9.24. The van der Waals surface area contributed by atoms with Gasteiger partial charge in [0.2, 0.25) is 0 Å². The summed E-state index contributed by atoms with van der Waals surface area (Å²) in [4.78, 5) is 0. The molecule has 0 heterocycles. The molecule has 0 unspecified atom stereocenters. The summed E-state index contributed by atoms with van der Waals surface area (Å²) in [5, 5.41) is 0. The molecule has 3 aliphatic carbocycles. The van der Waals surface area contributed by atoms with E-state index in [1.54, 1.807) is 0 Å². The molecule has 0 N–H and O–H groups in total. The number of allylic oxidation sites excluding steroid dienone is 12. The fraction of sp³-hybridized carbons (Fsp3) is 0.250. The summed E-state index contributed by atoms with van der Waals surface area (Å²) in [6.07, 6.45) is 26.6. The van der Waals surface area contributed by atoms with E-state index in [1.807, 2.05) is 0 Å². The Morgan fingerprint density at radius 1 is 0.312 bits per heavy atom. The third kappa shape index (κ3) is 1.55. The van der Waals surface area contributed by atoms with Crippen LogP contribution in [0, 0.1) is 23.7 Å². The van der Waals surface area contributed by atoms with Crippen LogP contribution in [0.5, 0.6) is 0 Å². The van der Waals surface area contributed by atoms with Gasteiger partial charge in [-0.05, 0) is 23.7 Å². The normalized spacial score (nSPS) is 47.0. The van der Waals surface area contributed by atoms with Crippen molar-refractivity contribution < 1.29 is 0 Å². The van der Waals surface area contributed by atoms with E-state index in [1.165, 1.54) is 0 Å². The highest BCUT2D eigenvalue weighted by atomic mass is 14.5. The molecule has 0 nitrogen and oxygen atoms in total. The maximum Gasteiger partial charge on any atom is -0.00925 e. The molecule has 1 fully saturated rings. The Balaban J connectivity index is 1.93. The van der Waals surface area contributed by atoms with Crippen molar-refractivity contribution in [2.24, 2.45) is 23.7 Å². The maximum absolute atomic E-state index is 2.36. The summed E-state index contributed by atoms with van der Waals surface area (Å²) >= 11 is 0. The minimum absolute atomic E-state index is 0.679. The second-order valence-electron chi connectivity index (χ2n) is 4.62. The van der Waals surface area contributed by atoms with Crippen molar-refractivity contribution in [1.82, 2.24) is 0 Å². The molecule has 0 aromatic rings. The zero-order chi connectivity index (χ0) is 10.8. The molecule has 0 atom stereocenters. The van der Waals surface area contributed by atoms with E-state index in [0.29, 0.717) is 23.7 Å². The fourth-order valence-electron chi connectivity index (χ4n) is 2.93. The average molecular weight is 208 g/mol. The van der Waals surface area contributed by atoms with E-state index in [9.17, 15) is 0 Å². The van der Waals surface area contributed by atoms with Gasteiger partial charge in [-0.25, -0.2) is 0 Å². The number of hydrogen-bond acceptors (Lipinski definition) is 0. The first kappa shape index (κ1) is 9.65. The number of hydrogen-bond donors (Lipinski definition) is 0. The summed E-state index contributed by atoms with van der Waals surface area (Å²) in [6, 6.07) is 0. The van der Waals surface area contributed by atoms with Gasteiger partial charge >= 0.3 is 0 Å². The summed E-state index contributed by atoms with van der Waals surface area (Å²) in [5.41, 5.74) is 0. The van der Waals surface area contributed by atoms with Crippen molar-refractivity contribution in [3.05, 3.63) is 72.9 Å². The molecular formula is C16H16. The van der Waals surface area contributed by atoms with Crippen LogP contribution in [-0.2, 0) is 0 Å². The van der Waals surface area contributed by atoms with Crippen molar-refractivity contribution >= 4 is 0 Å². The van der Waals surface area contributed by atoms with Crippen LogP contribution in [0.25, 0.3) is 0 Å². The van der Waals surface area contributed by atoms with Crippen LogP contribution in [0.2, 0.25) is 0 Å². The molecule has 0 aromatic carbocycles. The maximum atomic E-state index is 2.36. The van der Waals surface area contributed by atoms with Crippen LogP contribution < -0.4 is 0 Å². The smallest absolute Gasteiger partial charge is 0.00925 e. The van der Waals surface area contributed by atoms with Gasteiger partial charge in [0.15, 0.2) is 0 Å². The summed E-state index contributed by atoms with van der Waals surface area (Å²) < 4.78 is 0. The van der Waals surface area contributed by atoms with Gasteiger partial charge in [-0.2, -0.15) is 0 Å². The molecule has 0 bridgehead atoms. The van der Waals surface area contributed by atoms with Crippen molar-refractivity contribution in [1.29, 1.82) is 0 Å². The summed E-state index contributed by atoms with van der Waals surface area (Å²) in [5.74, 6) is 2.72. The zero-order valence-electron chi connectivity index (χ0n) is 9.24. The predicted octanol–water partition coefficient (Wildman–Crippen LogP) is 3.83. The number of rotatable bonds is 0. The SMILES string of the molecule is C1=CC2C(/C=C\C=C/1)C1C=C/C=C\C=C/C21. The van der Waals surface area contributed by atoms with Gasteiger partial charge in [0.1, 0.15) is 0 Å². The van der Waals surface area contributed by atoms with Crippen molar-refractivity contribution in [2.45, 2.75) is 0 Å². The van der Waals surface area contributed by atoms with E-state index in [2.05, 4.69) is 72.9 Å². The van der Waals surface area contributed by atoms with Crippen LogP contribution in [0.3, 0.4) is 0 Å². The van der Waals surface area contributed by atoms with Gasteiger partial charge < -0.3 is 0 Å². The van der Waals surface area contributed by atoms with Crippen molar-refractivity contribution in [3.8, 4) is 0 Å². The first-order valence-electron chi connectivity index (χ1n) is 6.00. The molecule has 0 amide bonds. The van der Waals surface area contributed by atoms with Crippen molar-refractivity contribution in [2.75, 3.05) is 0 Å². The highest BCUT2D eigenvalue weighted by Gasteiger charge is 2.44. The highest BCUT2D eigenvalue weighted by molar-refractivity contribution is 5.30. The molecule has 1 saturated carbocycles. The lowest BCUT2D eigenvalue weighted by Crippen LogP contribution is -2.43. The van der Waals surface area contributed by atoms with Crippen LogP contribution in [-0.4, -0.2) is 0 Å². The summed E-state index contributed by atoms with van der Waals surface area (Å²) in [7, 11) is 0. The second-order valence-corrected chi connectivity index (χ2v) is 4.62. The lowest BCUT2D eigenvalue weighted by Gasteiger charge is -2.48. The van der Waals surface area contributed by atoms with Gasteiger partial charge in [0.05, 0.1) is 0 Å². The lowest BCUT2D eigenvalue weighted by atomic mass is 9.56. The molecular weight excluding hydrogens is 192 g/mol. The Kier molecular flexibility index (Phi) is 2.49. The molecule has 0 aliphatic heterocycles. The van der Waals surface area contributed by atoms with E-state index in [-0.39, 0.29) is 0 Å². The van der Waals surface area contributed by atoms with E-state index in [0.717, 1.165) is 0 Å². The molecule has 16 heavy (non-hydrogen) atoms. The first-order chi connectivity index (χ1) is 7.97. The summed E-state index contributed by atoms with van der Waals surface area (Å²) in [6.45, 7) is 0. The third-order valence-corrected chi connectivity index (χ3v) is 3.78. The molecule has 0 spiro atoms. The average Bonchev–Trinajstić information content (AvgIpc) is 2.23. The third-order valence-electron chi connectivity index (χ3n) is 3.78. The molecule has 0 aromatic heterocycles. The van der Waals surface area contributed by atoms with Gasteiger partial charge in [0.25, 0.3) is 0 Å². The predicted molar refractivity (Wildman–Crippen MR) is 68.8 cm³/mol. The van der Waals surface area contributed by atoms with Crippen LogP contribution in [0.4, 0.5) is 0 Å². The molecule has 80 valence electrons. The quantitative estimate of drug-likeness (QED) is 0.567. The molecule has 0 saturated heterocycles. The standard InChI is InChI=1S/C16H16/c1-2-6-10-14-13(9-5-1)15-11-7-3-4-8-12-16(14)15/h1-16H/b2-1-,4-3-,9-5-,10-6?,11-7?,12-8-. The Morgan fingerprint density at radius 2 is 0.562 bits per heavy atom. The molecule has 3 rings (SSSR count). The minimum Gasteiger partial charge on any atom is -0.0802 e. The largest absolute Gasteiger partial charge is 0.0802 e. The Hall–Kier alpha value is -1.56.